The molecular formula is C17H16N4O. The van der Waals surface area contributed by atoms with Crippen LogP contribution in [-0.4, -0.2) is 26.9 Å². The number of aldehydes is 1. The molecule has 0 radical (unpaired) electrons. The number of aromatic nitrogens is 4. The van der Waals surface area contributed by atoms with Crippen LogP contribution in [0.15, 0.2) is 48.5 Å². The van der Waals surface area contributed by atoms with E-state index in [4.69, 9.17) is 0 Å². The van der Waals surface area contributed by atoms with E-state index >= 15 is 0 Å². The highest BCUT2D eigenvalue weighted by atomic mass is 16.1. The van der Waals surface area contributed by atoms with Gasteiger partial charge in [0.2, 0.25) is 5.82 Å². The van der Waals surface area contributed by atoms with Gasteiger partial charge in [0.1, 0.15) is 6.29 Å². The quantitative estimate of drug-likeness (QED) is 0.750. The smallest absolute Gasteiger partial charge is 0.204 e. The number of hydrogen-bond acceptors (Lipinski definition) is 4. The molecule has 0 amide bonds. The first kappa shape index (κ1) is 14.1. The van der Waals surface area contributed by atoms with Crippen molar-refractivity contribution in [2.45, 2.75) is 19.3 Å². The van der Waals surface area contributed by atoms with Crippen LogP contribution in [-0.2, 0) is 5.41 Å². The molecule has 0 spiro atoms. The SMILES string of the molecule is CC(C)(c1ccccc1)c1c(C=O)cccc1-c1nn[nH]n1. The molecule has 3 rings (SSSR count). The van der Waals surface area contributed by atoms with E-state index < -0.39 is 0 Å². The summed E-state index contributed by atoms with van der Waals surface area (Å²) in [5.41, 5.74) is 3.10. The van der Waals surface area contributed by atoms with E-state index in [2.05, 4.69) is 46.6 Å². The third-order valence-electron chi connectivity index (χ3n) is 3.93. The van der Waals surface area contributed by atoms with E-state index in [1.54, 1.807) is 0 Å². The minimum absolute atomic E-state index is 0.366. The molecule has 2 aromatic carbocycles. The molecule has 0 saturated heterocycles. The predicted octanol–water partition coefficient (Wildman–Crippen LogP) is 3.01. The van der Waals surface area contributed by atoms with Crippen LogP contribution in [0.25, 0.3) is 11.4 Å². The Bertz CT molecular complexity index is 780. The van der Waals surface area contributed by atoms with Crippen molar-refractivity contribution in [3.8, 4) is 11.4 Å². The maximum absolute atomic E-state index is 11.6. The first-order valence-corrected chi connectivity index (χ1v) is 7.02. The Balaban J connectivity index is 2.27. The molecule has 0 aliphatic heterocycles. The van der Waals surface area contributed by atoms with E-state index in [0.29, 0.717) is 11.4 Å². The van der Waals surface area contributed by atoms with Crippen LogP contribution < -0.4 is 0 Å². The average Bonchev–Trinajstić information content (AvgIpc) is 3.09. The van der Waals surface area contributed by atoms with E-state index in [1.165, 1.54) is 0 Å². The Labute approximate surface area is 128 Å². The van der Waals surface area contributed by atoms with E-state index in [1.807, 2.05) is 36.4 Å². The zero-order valence-electron chi connectivity index (χ0n) is 12.4. The summed E-state index contributed by atoms with van der Waals surface area (Å²) in [7, 11) is 0. The van der Waals surface area contributed by atoms with Crippen molar-refractivity contribution in [1.82, 2.24) is 20.6 Å². The van der Waals surface area contributed by atoms with Crippen LogP contribution in [0.5, 0.6) is 0 Å². The van der Waals surface area contributed by atoms with Crippen LogP contribution in [0.3, 0.4) is 0 Å². The number of hydrogen-bond donors (Lipinski definition) is 1. The van der Waals surface area contributed by atoms with Crippen molar-refractivity contribution in [2.75, 3.05) is 0 Å². The molecule has 0 aliphatic rings. The van der Waals surface area contributed by atoms with Crippen LogP contribution in [0, 0.1) is 0 Å². The molecule has 1 heterocycles. The maximum Gasteiger partial charge on any atom is 0.204 e. The molecule has 1 aromatic heterocycles. The molecular weight excluding hydrogens is 276 g/mol. The Morgan fingerprint density at radius 1 is 1.05 bits per heavy atom. The number of aromatic amines is 1. The molecule has 5 nitrogen and oxygen atoms in total. The summed E-state index contributed by atoms with van der Waals surface area (Å²) in [4.78, 5) is 11.6. The van der Waals surface area contributed by atoms with Crippen molar-refractivity contribution in [3.05, 3.63) is 65.2 Å². The summed E-state index contributed by atoms with van der Waals surface area (Å²) in [5.74, 6) is 0.489. The minimum atomic E-state index is -0.366. The van der Waals surface area contributed by atoms with Gasteiger partial charge in [-0.25, -0.2) is 0 Å². The van der Waals surface area contributed by atoms with Gasteiger partial charge in [0.05, 0.1) is 0 Å². The lowest BCUT2D eigenvalue weighted by Crippen LogP contribution is -2.22. The number of tetrazole rings is 1. The molecule has 5 heteroatoms. The zero-order valence-corrected chi connectivity index (χ0v) is 12.4. The standard InChI is InChI=1S/C17H16N4O/c1-17(2,13-8-4-3-5-9-13)15-12(11-22)7-6-10-14(15)16-18-20-21-19-16/h3-11H,1-2H3,(H,18,19,20,21). The van der Waals surface area contributed by atoms with Gasteiger partial charge < -0.3 is 0 Å². The summed E-state index contributed by atoms with van der Waals surface area (Å²) in [6.07, 6.45) is 0.879. The van der Waals surface area contributed by atoms with Gasteiger partial charge in [-0.2, -0.15) is 5.21 Å². The van der Waals surface area contributed by atoms with Gasteiger partial charge in [-0.3, -0.25) is 4.79 Å². The van der Waals surface area contributed by atoms with Crippen LogP contribution in [0.4, 0.5) is 0 Å². The minimum Gasteiger partial charge on any atom is -0.298 e. The van der Waals surface area contributed by atoms with Gasteiger partial charge in [0.15, 0.2) is 0 Å². The topological polar surface area (TPSA) is 71.5 Å². The Morgan fingerprint density at radius 3 is 2.45 bits per heavy atom. The van der Waals surface area contributed by atoms with Gasteiger partial charge >= 0.3 is 0 Å². The predicted molar refractivity (Wildman–Crippen MR) is 83.6 cm³/mol. The van der Waals surface area contributed by atoms with Gasteiger partial charge in [-0.05, 0) is 16.3 Å². The monoisotopic (exact) mass is 292 g/mol. The summed E-state index contributed by atoms with van der Waals surface area (Å²) < 4.78 is 0. The summed E-state index contributed by atoms with van der Waals surface area (Å²) in [6.45, 7) is 4.18. The van der Waals surface area contributed by atoms with Gasteiger partial charge in [-0.15, -0.1) is 10.2 Å². The van der Waals surface area contributed by atoms with Crippen molar-refractivity contribution in [1.29, 1.82) is 0 Å². The fourth-order valence-corrected chi connectivity index (χ4v) is 2.83. The molecule has 0 bridgehead atoms. The second-order valence-corrected chi connectivity index (χ2v) is 5.61. The van der Waals surface area contributed by atoms with Crippen LogP contribution in [0.2, 0.25) is 0 Å². The zero-order chi connectivity index (χ0) is 15.6. The summed E-state index contributed by atoms with van der Waals surface area (Å²) in [5, 5.41) is 14.2. The fraction of sp³-hybridized carbons (Fsp3) is 0.176. The molecule has 0 aliphatic carbocycles. The maximum atomic E-state index is 11.6. The lowest BCUT2D eigenvalue weighted by atomic mass is 9.74. The van der Waals surface area contributed by atoms with E-state index in [9.17, 15) is 4.79 Å². The number of nitrogens with one attached hydrogen (secondary N) is 1. The van der Waals surface area contributed by atoms with Gasteiger partial charge in [0, 0.05) is 16.5 Å². The highest BCUT2D eigenvalue weighted by Crippen LogP contribution is 2.38. The summed E-state index contributed by atoms with van der Waals surface area (Å²) in [6, 6.07) is 15.6. The van der Waals surface area contributed by atoms with Crippen LogP contribution in [0.1, 0.15) is 35.3 Å². The Hall–Kier alpha value is -2.82. The molecule has 0 atom stereocenters. The molecule has 0 fully saturated rings. The Kier molecular flexibility index (Phi) is 3.55. The average molecular weight is 292 g/mol. The van der Waals surface area contributed by atoms with Crippen molar-refractivity contribution in [3.63, 3.8) is 0 Å². The van der Waals surface area contributed by atoms with E-state index in [-0.39, 0.29) is 5.41 Å². The molecule has 22 heavy (non-hydrogen) atoms. The molecule has 110 valence electrons. The van der Waals surface area contributed by atoms with Crippen molar-refractivity contribution in [2.24, 2.45) is 0 Å². The molecule has 1 N–H and O–H groups in total. The second-order valence-electron chi connectivity index (χ2n) is 5.61. The largest absolute Gasteiger partial charge is 0.298 e. The first-order chi connectivity index (χ1) is 10.6. The van der Waals surface area contributed by atoms with Crippen LogP contribution >= 0.6 is 0 Å². The molecule has 0 unspecified atom stereocenters. The molecule has 3 aromatic rings. The summed E-state index contributed by atoms with van der Waals surface area (Å²) >= 11 is 0. The normalized spacial score (nSPS) is 11.4. The molecule has 0 saturated carbocycles. The number of nitrogens with zero attached hydrogens (tertiary/aromatic N) is 3. The number of carbonyl (C=O) groups is 1. The second kappa shape index (κ2) is 5.52. The fourth-order valence-electron chi connectivity index (χ4n) is 2.83. The number of rotatable bonds is 4. The van der Waals surface area contributed by atoms with Crippen molar-refractivity contribution >= 4 is 6.29 Å². The highest BCUT2D eigenvalue weighted by Gasteiger charge is 2.29. The van der Waals surface area contributed by atoms with Gasteiger partial charge in [0.25, 0.3) is 0 Å². The number of benzene rings is 2. The van der Waals surface area contributed by atoms with Crippen molar-refractivity contribution < 1.29 is 4.79 Å². The number of H-pyrrole nitrogens is 1. The first-order valence-electron chi connectivity index (χ1n) is 7.02. The third-order valence-corrected chi connectivity index (χ3v) is 3.93. The lowest BCUT2D eigenvalue weighted by molar-refractivity contribution is 0.112. The number of carbonyl (C=O) groups excluding carboxylic acids is 1. The third kappa shape index (κ3) is 2.30. The highest BCUT2D eigenvalue weighted by molar-refractivity contribution is 5.83. The van der Waals surface area contributed by atoms with E-state index in [0.717, 1.165) is 23.0 Å². The van der Waals surface area contributed by atoms with Gasteiger partial charge in [-0.1, -0.05) is 62.4 Å². The lowest BCUT2D eigenvalue weighted by Gasteiger charge is -2.29. The Morgan fingerprint density at radius 2 is 1.82 bits per heavy atom.